The zero-order valence-corrected chi connectivity index (χ0v) is 10.6. The summed E-state index contributed by atoms with van der Waals surface area (Å²) in [6, 6.07) is 3.48. The molecular formula is C13H10F6O2. The fourth-order valence-electron chi connectivity index (χ4n) is 1.44. The van der Waals surface area contributed by atoms with Crippen molar-refractivity contribution in [2.75, 3.05) is 7.11 Å². The number of carbonyl (C=O) groups is 1. The van der Waals surface area contributed by atoms with Crippen LogP contribution in [0.15, 0.2) is 30.3 Å². The third-order valence-corrected chi connectivity index (χ3v) is 2.53. The van der Waals surface area contributed by atoms with E-state index in [0.717, 1.165) is 37.5 Å². The standard InChI is InChI=1S/C13H10F6O2/c1-21-11(20)10(13(17,18)19)7-4-8-2-5-9(6-3-8)12(14,15)16/h2-7,10H,1H3/b7-4-. The summed E-state index contributed by atoms with van der Waals surface area (Å²) in [5.74, 6) is -3.96. The molecule has 0 bridgehead atoms. The van der Waals surface area contributed by atoms with Crippen LogP contribution in [0.3, 0.4) is 0 Å². The Kier molecular flexibility index (Phi) is 5.03. The summed E-state index contributed by atoms with van der Waals surface area (Å²) in [5.41, 5.74) is -0.818. The van der Waals surface area contributed by atoms with Crippen LogP contribution in [-0.4, -0.2) is 19.3 Å². The minimum atomic E-state index is -4.84. The number of hydrogen-bond donors (Lipinski definition) is 0. The second-order valence-electron chi connectivity index (χ2n) is 4.02. The van der Waals surface area contributed by atoms with Crippen LogP contribution in [0, 0.1) is 5.92 Å². The molecule has 1 atom stereocenters. The van der Waals surface area contributed by atoms with Gasteiger partial charge in [0, 0.05) is 0 Å². The van der Waals surface area contributed by atoms with E-state index in [-0.39, 0.29) is 5.56 Å². The first-order valence-electron chi connectivity index (χ1n) is 5.55. The Morgan fingerprint density at radius 1 is 1.10 bits per heavy atom. The van der Waals surface area contributed by atoms with Gasteiger partial charge in [0.05, 0.1) is 12.7 Å². The number of methoxy groups -OCH3 is 1. The van der Waals surface area contributed by atoms with Crippen molar-refractivity contribution in [1.29, 1.82) is 0 Å². The Morgan fingerprint density at radius 3 is 2.00 bits per heavy atom. The van der Waals surface area contributed by atoms with Crippen LogP contribution in [0.4, 0.5) is 26.3 Å². The minimum absolute atomic E-state index is 0.0983. The fraction of sp³-hybridized carbons (Fsp3) is 0.308. The third kappa shape index (κ3) is 4.80. The number of alkyl halides is 6. The van der Waals surface area contributed by atoms with Crippen LogP contribution in [0.1, 0.15) is 11.1 Å². The molecule has 0 radical (unpaired) electrons. The second-order valence-corrected chi connectivity index (χ2v) is 4.02. The number of ether oxygens (including phenoxy) is 1. The number of carbonyl (C=O) groups excluding carboxylic acids is 1. The van der Waals surface area contributed by atoms with Gasteiger partial charge in [0.1, 0.15) is 0 Å². The summed E-state index contributed by atoms with van der Waals surface area (Å²) in [5, 5.41) is 0. The van der Waals surface area contributed by atoms with Crippen molar-refractivity contribution >= 4 is 12.0 Å². The Labute approximate surface area is 116 Å². The molecule has 1 aromatic rings. The maximum Gasteiger partial charge on any atom is 0.416 e. The summed E-state index contributed by atoms with van der Waals surface area (Å²) in [7, 11) is 0.813. The minimum Gasteiger partial charge on any atom is -0.468 e. The van der Waals surface area contributed by atoms with E-state index in [1.54, 1.807) is 0 Å². The topological polar surface area (TPSA) is 26.3 Å². The Balaban J connectivity index is 2.95. The molecule has 8 heteroatoms. The largest absolute Gasteiger partial charge is 0.468 e. The first-order valence-corrected chi connectivity index (χ1v) is 5.55. The number of benzene rings is 1. The van der Waals surface area contributed by atoms with Crippen LogP contribution in [-0.2, 0) is 15.7 Å². The lowest BCUT2D eigenvalue weighted by Crippen LogP contribution is -2.29. The van der Waals surface area contributed by atoms with E-state index < -0.39 is 29.8 Å². The summed E-state index contributed by atoms with van der Waals surface area (Å²) in [6.07, 6.45) is -7.91. The third-order valence-electron chi connectivity index (χ3n) is 2.53. The van der Waals surface area contributed by atoms with Gasteiger partial charge in [-0.2, -0.15) is 26.3 Å². The van der Waals surface area contributed by atoms with Gasteiger partial charge < -0.3 is 4.74 Å². The van der Waals surface area contributed by atoms with Crippen LogP contribution in [0.5, 0.6) is 0 Å². The molecule has 1 rings (SSSR count). The molecule has 116 valence electrons. The van der Waals surface area contributed by atoms with Crippen molar-refractivity contribution in [3.05, 3.63) is 41.5 Å². The molecule has 0 spiro atoms. The molecule has 0 fully saturated rings. The van der Waals surface area contributed by atoms with Crippen molar-refractivity contribution < 1.29 is 35.9 Å². The van der Waals surface area contributed by atoms with Crippen molar-refractivity contribution in [2.45, 2.75) is 12.4 Å². The molecule has 0 saturated carbocycles. The normalized spacial score (nSPS) is 14.2. The van der Waals surface area contributed by atoms with Crippen LogP contribution in [0.25, 0.3) is 6.08 Å². The zero-order chi connectivity index (χ0) is 16.3. The van der Waals surface area contributed by atoms with Crippen LogP contribution >= 0.6 is 0 Å². The Hall–Kier alpha value is -1.99. The maximum absolute atomic E-state index is 12.6. The molecule has 0 amide bonds. The van der Waals surface area contributed by atoms with Gasteiger partial charge in [0.25, 0.3) is 0 Å². The lowest BCUT2D eigenvalue weighted by atomic mass is 10.1. The molecule has 0 heterocycles. The first kappa shape index (κ1) is 17.1. The molecule has 1 aromatic carbocycles. The van der Waals surface area contributed by atoms with Crippen molar-refractivity contribution in [1.82, 2.24) is 0 Å². The van der Waals surface area contributed by atoms with E-state index in [0.29, 0.717) is 6.08 Å². The predicted octanol–water partition coefficient (Wildman–Crippen LogP) is 4.07. The van der Waals surface area contributed by atoms with E-state index in [9.17, 15) is 31.1 Å². The SMILES string of the molecule is COC(=O)C(/C=C\c1ccc(C(F)(F)F)cc1)C(F)(F)F. The van der Waals surface area contributed by atoms with E-state index in [1.165, 1.54) is 0 Å². The molecule has 0 saturated heterocycles. The summed E-state index contributed by atoms with van der Waals surface area (Å²) in [4.78, 5) is 11.0. The first-order chi connectivity index (χ1) is 9.55. The summed E-state index contributed by atoms with van der Waals surface area (Å²) < 4.78 is 78.7. The number of hydrogen-bond acceptors (Lipinski definition) is 2. The van der Waals surface area contributed by atoms with Crippen molar-refractivity contribution in [2.24, 2.45) is 5.92 Å². The lowest BCUT2D eigenvalue weighted by Gasteiger charge is -2.14. The fourth-order valence-corrected chi connectivity index (χ4v) is 1.44. The van der Waals surface area contributed by atoms with Gasteiger partial charge in [0.2, 0.25) is 0 Å². The lowest BCUT2D eigenvalue weighted by molar-refractivity contribution is -0.186. The predicted molar refractivity (Wildman–Crippen MR) is 62.0 cm³/mol. The molecule has 0 aliphatic rings. The van der Waals surface area contributed by atoms with Gasteiger partial charge in [-0.05, 0) is 17.7 Å². The Bertz CT molecular complexity index is 513. The van der Waals surface area contributed by atoms with Crippen molar-refractivity contribution in [3.8, 4) is 0 Å². The highest BCUT2D eigenvalue weighted by molar-refractivity contribution is 5.76. The van der Waals surface area contributed by atoms with Gasteiger partial charge >= 0.3 is 18.3 Å². The molecule has 0 aromatic heterocycles. The number of halogens is 6. The second kappa shape index (κ2) is 6.19. The average Bonchev–Trinajstić information content (AvgIpc) is 2.36. The molecule has 0 aliphatic carbocycles. The van der Waals surface area contributed by atoms with Gasteiger partial charge in [0.15, 0.2) is 5.92 Å². The highest BCUT2D eigenvalue weighted by Crippen LogP contribution is 2.31. The van der Waals surface area contributed by atoms with Crippen molar-refractivity contribution in [3.63, 3.8) is 0 Å². The molecular weight excluding hydrogens is 302 g/mol. The van der Waals surface area contributed by atoms with Crippen LogP contribution < -0.4 is 0 Å². The molecule has 2 nitrogen and oxygen atoms in total. The molecule has 0 aliphatic heterocycles. The number of rotatable bonds is 3. The van der Waals surface area contributed by atoms with Gasteiger partial charge in [-0.15, -0.1) is 0 Å². The highest BCUT2D eigenvalue weighted by Gasteiger charge is 2.43. The van der Waals surface area contributed by atoms with E-state index in [1.807, 2.05) is 0 Å². The van der Waals surface area contributed by atoms with Gasteiger partial charge in [-0.1, -0.05) is 24.3 Å². The van der Waals surface area contributed by atoms with E-state index in [4.69, 9.17) is 0 Å². The van der Waals surface area contributed by atoms with E-state index >= 15 is 0 Å². The average molecular weight is 312 g/mol. The quantitative estimate of drug-likeness (QED) is 0.621. The maximum atomic E-state index is 12.6. The zero-order valence-electron chi connectivity index (χ0n) is 10.6. The molecule has 0 N–H and O–H groups in total. The Morgan fingerprint density at radius 2 is 1.62 bits per heavy atom. The van der Waals surface area contributed by atoms with E-state index in [2.05, 4.69) is 4.74 Å². The molecule has 21 heavy (non-hydrogen) atoms. The highest BCUT2D eigenvalue weighted by atomic mass is 19.4. The number of esters is 1. The van der Waals surface area contributed by atoms with Gasteiger partial charge in [-0.25, -0.2) is 0 Å². The smallest absolute Gasteiger partial charge is 0.416 e. The van der Waals surface area contributed by atoms with Crippen LogP contribution in [0.2, 0.25) is 0 Å². The van der Waals surface area contributed by atoms with Gasteiger partial charge in [-0.3, -0.25) is 4.79 Å². The summed E-state index contributed by atoms with van der Waals surface area (Å²) in [6.45, 7) is 0. The monoisotopic (exact) mass is 312 g/mol. The summed E-state index contributed by atoms with van der Waals surface area (Å²) >= 11 is 0. The molecule has 1 unspecified atom stereocenters.